The van der Waals surface area contributed by atoms with Crippen molar-refractivity contribution in [3.8, 4) is 11.4 Å². The summed E-state index contributed by atoms with van der Waals surface area (Å²) < 4.78 is 40.0. The van der Waals surface area contributed by atoms with Gasteiger partial charge in [0.15, 0.2) is 0 Å². The maximum atomic E-state index is 13.3. The molecule has 0 saturated heterocycles. The summed E-state index contributed by atoms with van der Waals surface area (Å²) in [4.78, 5) is 28.2. The van der Waals surface area contributed by atoms with Crippen LogP contribution in [0.3, 0.4) is 0 Å². The summed E-state index contributed by atoms with van der Waals surface area (Å²) in [5, 5.41) is 15.2. The van der Waals surface area contributed by atoms with Crippen LogP contribution in [0, 0.1) is 0 Å². The average Bonchev–Trinajstić information content (AvgIpc) is 3.21. The monoisotopic (exact) mass is 508 g/mol. The lowest BCUT2D eigenvalue weighted by Crippen LogP contribution is -2.53. The molecule has 12 heteroatoms. The first-order valence-corrected chi connectivity index (χ1v) is 11.0. The lowest BCUT2D eigenvalue weighted by atomic mass is 10.1. The number of carbonyl (C=O) groups is 2. The third-order valence-electron chi connectivity index (χ3n) is 4.82. The highest BCUT2D eigenvalue weighted by molar-refractivity contribution is 6.30. The Morgan fingerprint density at radius 3 is 2.37 bits per heavy atom. The smallest absolute Gasteiger partial charge is 0.350 e. The zero-order valence-electron chi connectivity index (χ0n) is 19.5. The molecule has 1 aromatic heterocycles. The third-order valence-corrected chi connectivity index (χ3v) is 5.07. The van der Waals surface area contributed by atoms with E-state index in [2.05, 4.69) is 20.7 Å². The van der Waals surface area contributed by atoms with E-state index in [1.165, 1.54) is 19.1 Å². The number of anilines is 1. The fraction of sp³-hybridized carbons (Fsp3) is 0.348. The van der Waals surface area contributed by atoms with Crippen molar-refractivity contribution in [2.45, 2.75) is 52.0 Å². The summed E-state index contributed by atoms with van der Waals surface area (Å²) in [6.45, 7) is 6.25. The molecule has 2 aromatic carbocycles. The van der Waals surface area contributed by atoms with Crippen molar-refractivity contribution in [3.05, 3.63) is 59.1 Å². The van der Waals surface area contributed by atoms with Crippen molar-refractivity contribution in [3.63, 3.8) is 0 Å². The Hall–Kier alpha value is -3.47. The number of hydrogen-bond acceptors (Lipinski definition) is 5. The number of alkyl halides is 3. The second-order valence-electron chi connectivity index (χ2n) is 8.88. The summed E-state index contributed by atoms with van der Waals surface area (Å²) in [7, 11) is 0. The van der Waals surface area contributed by atoms with Crippen LogP contribution in [0.2, 0.25) is 5.02 Å². The summed E-state index contributed by atoms with van der Waals surface area (Å²) in [5.41, 5.74) is -1.03. The molecule has 35 heavy (non-hydrogen) atoms. The summed E-state index contributed by atoms with van der Waals surface area (Å²) in [6.07, 6.45) is -4.62. The molecule has 0 bridgehead atoms. The lowest BCUT2D eigenvalue weighted by Gasteiger charge is -2.31. The van der Waals surface area contributed by atoms with Crippen molar-refractivity contribution < 1.29 is 22.8 Å². The Kier molecular flexibility index (Phi) is 7.49. The molecule has 0 aliphatic carbocycles. The number of nitrogens with zero attached hydrogens (tertiary/aromatic N) is 5. The van der Waals surface area contributed by atoms with E-state index in [4.69, 9.17) is 11.6 Å². The van der Waals surface area contributed by atoms with E-state index in [9.17, 15) is 22.8 Å². The van der Waals surface area contributed by atoms with Crippen LogP contribution in [0.15, 0.2) is 48.5 Å². The fourth-order valence-electron chi connectivity index (χ4n) is 3.23. The van der Waals surface area contributed by atoms with Gasteiger partial charge in [-0.2, -0.15) is 18.0 Å². The van der Waals surface area contributed by atoms with Gasteiger partial charge in [0, 0.05) is 21.8 Å². The Bertz CT molecular complexity index is 1200. The minimum atomic E-state index is -4.62. The molecule has 8 nitrogen and oxygen atoms in total. The normalized spacial score (nSPS) is 12.8. The summed E-state index contributed by atoms with van der Waals surface area (Å²) >= 11 is 5.89. The molecule has 0 spiro atoms. The standard InChI is InChI=1S/C23H24ClF3N6O2/c1-14(21(35)28-22(2,3)4)33(18-7-5-6-16(12-18)23(25,26)27)19(34)13-32-30-20(29-31-32)15-8-10-17(24)11-9-15/h5-12,14H,13H2,1-4H3,(H,28,35)/t14-/m0/s1. The van der Waals surface area contributed by atoms with Crippen LogP contribution in [0.4, 0.5) is 18.9 Å². The molecule has 186 valence electrons. The molecule has 0 aliphatic rings. The van der Waals surface area contributed by atoms with Crippen LogP contribution in [0.1, 0.15) is 33.3 Å². The third kappa shape index (κ3) is 6.78. The SMILES string of the molecule is C[C@@H](C(=O)NC(C)(C)C)N(C(=O)Cn1nnc(-c2ccc(Cl)cc2)n1)c1cccc(C(F)(F)F)c1. The van der Waals surface area contributed by atoms with Crippen LogP contribution in [0.5, 0.6) is 0 Å². The van der Waals surface area contributed by atoms with Gasteiger partial charge in [0.2, 0.25) is 11.7 Å². The van der Waals surface area contributed by atoms with Gasteiger partial charge in [-0.1, -0.05) is 17.7 Å². The molecule has 0 radical (unpaired) electrons. The molecule has 1 heterocycles. The quantitative estimate of drug-likeness (QED) is 0.534. The molecule has 1 N–H and O–H groups in total. The van der Waals surface area contributed by atoms with E-state index < -0.39 is 41.7 Å². The van der Waals surface area contributed by atoms with Gasteiger partial charge < -0.3 is 5.32 Å². The minimum Gasteiger partial charge on any atom is -0.350 e. The maximum absolute atomic E-state index is 13.3. The van der Waals surface area contributed by atoms with Gasteiger partial charge in [0.05, 0.1) is 5.56 Å². The van der Waals surface area contributed by atoms with E-state index in [1.807, 2.05) is 0 Å². The van der Waals surface area contributed by atoms with Gasteiger partial charge in [0.1, 0.15) is 12.6 Å². The molecule has 1 atom stereocenters. The Morgan fingerprint density at radius 1 is 1.11 bits per heavy atom. The van der Waals surface area contributed by atoms with Crippen LogP contribution >= 0.6 is 11.6 Å². The Labute approximate surface area is 205 Å². The molecule has 0 fully saturated rings. The number of benzene rings is 2. The number of amides is 2. The highest BCUT2D eigenvalue weighted by atomic mass is 35.5. The van der Waals surface area contributed by atoms with Crippen LogP contribution in [-0.2, 0) is 22.3 Å². The number of tetrazole rings is 1. The van der Waals surface area contributed by atoms with Crippen molar-refractivity contribution in [2.75, 3.05) is 4.90 Å². The zero-order valence-corrected chi connectivity index (χ0v) is 20.2. The highest BCUT2D eigenvalue weighted by Gasteiger charge is 2.34. The van der Waals surface area contributed by atoms with Gasteiger partial charge in [-0.15, -0.1) is 10.2 Å². The number of nitrogens with one attached hydrogen (secondary N) is 1. The largest absolute Gasteiger partial charge is 0.416 e. The summed E-state index contributed by atoms with van der Waals surface area (Å²) in [6, 6.07) is 9.77. The van der Waals surface area contributed by atoms with Crippen LogP contribution < -0.4 is 10.2 Å². The summed E-state index contributed by atoms with van der Waals surface area (Å²) in [5.74, 6) is -0.990. The van der Waals surface area contributed by atoms with Gasteiger partial charge in [-0.3, -0.25) is 14.5 Å². The highest BCUT2D eigenvalue weighted by Crippen LogP contribution is 2.32. The van der Waals surface area contributed by atoms with E-state index in [-0.39, 0.29) is 11.5 Å². The van der Waals surface area contributed by atoms with Crippen molar-refractivity contribution in [2.24, 2.45) is 0 Å². The molecule has 0 aliphatic heterocycles. The van der Waals surface area contributed by atoms with Gasteiger partial charge in [-0.05, 0) is 75.4 Å². The molecule has 0 unspecified atom stereocenters. The Balaban J connectivity index is 1.92. The average molecular weight is 509 g/mol. The second-order valence-corrected chi connectivity index (χ2v) is 9.31. The number of rotatable bonds is 6. The minimum absolute atomic E-state index is 0.0839. The van der Waals surface area contributed by atoms with E-state index in [0.29, 0.717) is 10.6 Å². The zero-order chi connectivity index (χ0) is 26.0. The number of aromatic nitrogens is 4. The van der Waals surface area contributed by atoms with Gasteiger partial charge in [-0.25, -0.2) is 0 Å². The topological polar surface area (TPSA) is 93.0 Å². The van der Waals surface area contributed by atoms with Crippen molar-refractivity contribution >= 4 is 29.1 Å². The first kappa shape index (κ1) is 26.1. The number of halogens is 4. The van der Waals surface area contributed by atoms with Crippen LogP contribution in [-0.4, -0.2) is 43.6 Å². The Morgan fingerprint density at radius 2 is 1.77 bits per heavy atom. The van der Waals surface area contributed by atoms with E-state index >= 15 is 0 Å². The molecule has 0 saturated carbocycles. The first-order valence-electron chi connectivity index (χ1n) is 10.6. The van der Waals surface area contributed by atoms with Crippen molar-refractivity contribution in [1.29, 1.82) is 0 Å². The van der Waals surface area contributed by atoms with Gasteiger partial charge in [0.25, 0.3) is 5.91 Å². The predicted molar refractivity (Wildman–Crippen MR) is 125 cm³/mol. The molecule has 3 rings (SSSR count). The molecule has 2 amide bonds. The number of hydrogen-bond donors (Lipinski definition) is 1. The maximum Gasteiger partial charge on any atom is 0.416 e. The second kappa shape index (κ2) is 10.0. The van der Waals surface area contributed by atoms with Crippen molar-refractivity contribution in [1.82, 2.24) is 25.5 Å². The van der Waals surface area contributed by atoms with Crippen LogP contribution in [0.25, 0.3) is 11.4 Å². The molecule has 3 aromatic rings. The lowest BCUT2D eigenvalue weighted by molar-refractivity contribution is -0.137. The molecular formula is C23H24ClF3N6O2. The van der Waals surface area contributed by atoms with E-state index in [0.717, 1.165) is 21.8 Å². The van der Waals surface area contributed by atoms with Gasteiger partial charge >= 0.3 is 6.18 Å². The van der Waals surface area contributed by atoms with E-state index in [1.54, 1.807) is 45.0 Å². The molecular weight excluding hydrogens is 485 g/mol. The fourth-order valence-corrected chi connectivity index (χ4v) is 3.35. The number of carbonyl (C=O) groups excluding carboxylic acids is 2. The predicted octanol–water partition coefficient (Wildman–Crippen LogP) is 4.35. The first-order chi connectivity index (χ1) is 16.2.